The highest BCUT2D eigenvalue weighted by Gasteiger charge is 2.24. The Labute approximate surface area is 104 Å². The number of halogens is 2. The fraction of sp³-hybridized carbons (Fsp3) is 0.500. The molecule has 0 amide bonds. The van der Waals surface area contributed by atoms with Crippen LogP contribution in [0.25, 0.3) is 0 Å². The van der Waals surface area contributed by atoms with Crippen LogP contribution in [-0.4, -0.2) is 36.3 Å². The van der Waals surface area contributed by atoms with Crippen LogP contribution in [0.2, 0.25) is 10.0 Å². The highest BCUT2D eigenvalue weighted by Crippen LogP contribution is 2.32. The summed E-state index contributed by atoms with van der Waals surface area (Å²) in [7, 11) is 1.75. The molecular formula is C10H13Cl2N3O. The van der Waals surface area contributed by atoms with Crippen molar-refractivity contribution in [1.82, 2.24) is 4.98 Å². The van der Waals surface area contributed by atoms with Gasteiger partial charge in [-0.1, -0.05) is 23.2 Å². The normalized spacial score (nSPS) is 20.2. The molecule has 0 saturated carbocycles. The number of aromatic nitrogens is 1. The number of hydrogen-bond acceptors (Lipinski definition) is 4. The zero-order chi connectivity index (χ0) is 11.7. The van der Waals surface area contributed by atoms with Gasteiger partial charge in [0.05, 0.1) is 16.1 Å². The van der Waals surface area contributed by atoms with Crippen molar-refractivity contribution in [2.45, 2.75) is 12.5 Å². The van der Waals surface area contributed by atoms with E-state index in [4.69, 9.17) is 23.2 Å². The topological polar surface area (TPSA) is 48.4 Å². The van der Waals surface area contributed by atoms with Gasteiger partial charge in [0.15, 0.2) is 0 Å². The second kappa shape index (κ2) is 4.65. The van der Waals surface area contributed by atoms with Crippen molar-refractivity contribution in [1.29, 1.82) is 0 Å². The summed E-state index contributed by atoms with van der Waals surface area (Å²) in [5.41, 5.74) is 0. The Morgan fingerprint density at radius 2 is 2.25 bits per heavy atom. The molecule has 6 heteroatoms. The summed E-state index contributed by atoms with van der Waals surface area (Å²) in [6.45, 7) is 1.33. The van der Waals surface area contributed by atoms with Crippen LogP contribution in [0, 0.1) is 0 Å². The zero-order valence-corrected chi connectivity index (χ0v) is 10.4. The Kier molecular flexibility index (Phi) is 3.42. The largest absolute Gasteiger partial charge is 0.391 e. The SMILES string of the molecule is CNc1nc(N2CCC(O)C2)c(Cl)cc1Cl. The van der Waals surface area contributed by atoms with E-state index in [1.54, 1.807) is 13.1 Å². The Balaban J connectivity index is 2.33. The lowest BCUT2D eigenvalue weighted by Crippen LogP contribution is -2.22. The zero-order valence-electron chi connectivity index (χ0n) is 8.87. The fourth-order valence-electron chi connectivity index (χ4n) is 1.79. The van der Waals surface area contributed by atoms with Crippen molar-refractivity contribution in [2.24, 2.45) is 0 Å². The van der Waals surface area contributed by atoms with Crippen LogP contribution in [0.15, 0.2) is 6.07 Å². The van der Waals surface area contributed by atoms with E-state index in [-0.39, 0.29) is 6.10 Å². The van der Waals surface area contributed by atoms with Gasteiger partial charge in [-0.05, 0) is 12.5 Å². The fourth-order valence-corrected chi connectivity index (χ4v) is 2.36. The monoisotopic (exact) mass is 261 g/mol. The highest BCUT2D eigenvalue weighted by atomic mass is 35.5. The molecule has 1 aromatic heterocycles. The van der Waals surface area contributed by atoms with E-state index in [1.807, 2.05) is 4.90 Å². The van der Waals surface area contributed by atoms with E-state index in [2.05, 4.69) is 10.3 Å². The minimum atomic E-state index is -0.299. The predicted molar refractivity (Wildman–Crippen MR) is 66.6 cm³/mol. The minimum absolute atomic E-state index is 0.299. The molecule has 1 aromatic rings. The summed E-state index contributed by atoms with van der Waals surface area (Å²) in [5.74, 6) is 1.27. The first-order chi connectivity index (χ1) is 7.61. The molecule has 1 unspecified atom stereocenters. The van der Waals surface area contributed by atoms with Gasteiger partial charge in [0, 0.05) is 20.1 Å². The van der Waals surface area contributed by atoms with Gasteiger partial charge in [-0.2, -0.15) is 0 Å². The van der Waals surface area contributed by atoms with Gasteiger partial charge in [0.1, 0.15) is 11.6 Å². The Bertz CT molecular complexity index is 400. The molecule has 0 aromatic carbocycles. The molecule has 0 spiro atoms. The van der Waals surface area contributed by atoms with Gasteiger partial charge >= 0.3 is 0 Å². The molecule has 4 nitrogen and oxygen atoms in total. The molecule has 2 rings (SSSR count). The minimum Gasteiger partial charge on any atom is -0.391 e. The third kappa shape index (κ3) is 2.19. The first-order valence-electron chi connectivity index (χ1n) is 5.08. The lowest BCUT2D eigenvalue weighted by Gasteiger charge is -2.19. The van der Waals surface area contributed by atoms with Gasteiger partial charge in [0.2, 0.25) is 0 Å². The van der Waals surface area contributed by atoms with E-state index in [0.29, 0.717) is 28.2 Å². The van der Waals surface area contributed by atoms with Crippen molar-refractivity contribution in [3.8, 4) is 0 Å². The van der Waals surface area contributed by atoms with Crippen LogP contribution in [0.3, 0.4) is 0 Å². The summed E-state index contributed by atoms with van der Waals surface area (Å²) in [6.07, 6.45) is 0.446. The molecule has 1 aliphatic rings. The third-order valence-electron chi connectivity index (χ3n) is 2.61. The number of aliphatic hydroxyl groups is 1. The number of nitrogens with zero attached hydrogens (tertiary/aromatic N) is 2. The molecule has 0 aliphatic carbocycles. The van der Waals surface area contributed by atoms with Crippen LogP contribution in [-0.2, 0) is 0 Å². The molecule has 1 aliphatic heterocycles. The Morgan fingerprint density at radius 1 is 1.50 bits per heavy atom. The van der Waals surface area contributed by atoms with Gasteiger partial charge in [-0.25, -0.2) is 4.98 Å². The summed E-state index contributed by atoms with van der Waals surface area (Å²) in [4.78, 5) is 6.31. The molecule has 2 N–H and O–H groups in total. The number of rotatable bonds is 2. The molecule has 88 valence electrons. The van der Waals surface area contributed by atoms with Gasteiger partial charge in [-0.15, -0.1) is 0 Å². The average molecular weight is 262 g/mol. The predicted octanol–water partition coefficient (Wildman–Crippen LogP) is 2.00. The Hall–Kier alpha value is -0.710. The molecule has 1 atom stereocenters. The maximum Gasteiger partial charge on any atom is 0.150 e. The van der Waals surface area contributed by atoms with Crippen molar-refractivity contribution < 1.29 is 5.11 Å². The van der Waals surface area contributed by atoms with E-state index in [0.717, 1.165) is 13.0 Å². The number of β-amino-alcohol motifs (C(OH)–C–C–N with tert-alkyl or cyclic N) is 1. The van der Waals surface area contributed by atoms with Crippen LogP contribution < -0.4 is 10.2 Å². The number of nitrogens with one attached hydrogen (secondary N) is 1. The van der Waals surface area contributed by atoms with Crippen molar-refractivity contribution >= 4 is 34.8 Å². The smallest absolute Gasteiger partial charge is 0.150 e. The standard InChI is InChI=1S/C10H13Cl2N3O/c1-13-9-7(11)4-8(12)10(14-9)15-3-2-6(16)5-15/h4,6,16H,2-3,5H2,1H3,(H,13,14). The molecule has 2 heterocycles. The maximum atomic E-state index is 9.48. The van der Waals surface area contributed by atoms with Gasteiger partial charge < -0.3 is 15.3 Å². The maximum absolute atomic E-state index is 9.48. The first-order valence-corrected chi connectivity index (χ1v) is 5.84. The summed E-state index contributed by atoms with van der Waals surface area (Å²) in [6, 6.07) is 1.67. The van der Waals surface area contributed by atoms with E-state index < -0.39 is 0 Å². The number of aliphatic hydroxyl groups excluding tert-OH is 1. The van der Waals surface area contributed by atoms with Crippen LogP contribution in [0.4, 0.5) is 11.6 Å². The molecule has 0 bridgehead atoms. The Morgan fingerprint density at radius 3 is 2.81 bits per heavy atom. The van der Waals surface area contributed by atoms with Crippen LogP contribution in [0.5, 0.6) is 0 Å². The summed E-state index contributed by atoms with van der Waals surface area (Å²) < 4.78 is 0. The lowest BCUT2D eigenvalue weighted by atomic mass is 10.3. The average Bonchev–Trinajstić information content (AvgIpc) is 2.65. The molecule has 16 heavy (non-hydrogen) atoms. The molecular weight excluding hydrogens is 249 g/mol. The van der Waals surface area contributed by atoms with Gasteiger partial charge in [0.25, 0.3) is 0 Å². The first kappa shape index (κ1) is 11.8. The highest BCUT2D eigenvalue weighted by molar-refractivity contribution is 6.37. The quantitative estimate of drug-likeness (QED) is 0.855. The second-order valence-electron chi connectivity index (χ2n) is 3.76. The third-order valence-corrected chi connectivity index (χ3v) is 3.18. The number of hydrogen-bond donors (Lipinski definition) is 2. The van der Waals surface area contributed by atoms with Crippen molar-refractivity contribution in [2.75, 3.05) is 30.4 Å². The van der Waals surface area contributed by atoms with Crippen molar-refractivity contribution in [3.63, 3.8) is 0 Å². The van der Waals surface area contributed by atoms with Gasteiger partial charge in [-0.3, -0.25) is 0 Å². The number of pyridine rings is 1. The summed E-state index contributed by atoms with van der Waals surface area (Å²) in [5, 5.41) is 13.4. The van der Waals surface area contributed by atoms with Crippen molar-refractivity contribution in [3.05, 3.63) is 16.1 Å². The van der Waals surface area contributed by atoms with Crippen LogP contribution >= 0.6 is 23.2 Å². The van der Waals surface area contributed by atoms with E-state index >= 15 is 0 Å². The van der Waals surface area contributed by atoms with Crippen LogP contribution in [0.1, 0.15) is 6.42 Å². The molecule has 1 saturated heterocycles. The molecule has 1 fully saturated rings. The number of anilines is 2. The van der Waals surface area contributed by atoms with E-state index in [1.165, 1.54) is 0 Å². The molecule has 0 radical (unpaired) electrons. The lowest BCUT2D eigenvalue weighted by molar-refractivity contribution is 0.198. The summed E-state index contributed by atoms with van der Waals surface area (Å²) >= 11 is 12.0. The van der Waals surface area contributed by atoms with E-state index in [9.17, 15) is 5.11 Å². The second-order valence-corrected chi connectivity index (χ2v) is 4.58.